The monoisotopic (exact) mass is 938 g/mol. The molecule has 0 amide bonds. The van der Waals surface area contributed by atoms with Crippen molar-refractivity contribution < 1.29 is 119 Å². The second-order valence-electron chi connectivity index (χ2n) is 13.3. The summed E-state index contributed by atoms with van der Waals surface area (Å²) in [5.41, 5.74) is -54.4. The number of halogens is 27. The van der Waals surface area contributed by atoms with E-state index in [1.165, 1.54) is 0 Å². The number of benzene rings is 3. The van der Waals surface area contributed by atoms with E-state index in [2.05, 4.69) is 0 Å². The van der Waals surface area contributed by atoms with E-state index in [0.717, 1.165) is 0 Å². The van der Waals surface area contributed by atoms with Gasteiger partial charge in [-0.3, -0.25) is 0 Å². The molecule has 0 saturated carbocycles. The summed E-state index contributed by atoms with van der Waals surface area (Å²) < 4.78 is 392. The van der Waals surface area contributed by atoms with E-state index in [1.807, 2.05) is 0 Å². The lowest BCUT2D eigenvalue weighted by Crippen LogP contribution is -2.60. The van der Waals surface area contributed by atoms with Crippen LogP contribution < -0.4 is 16.4 Å². The lowest BCUT2D eigenvalue weighted by Gasteiger charge is -2.35. The predicted octanol–water partition coefficient (Wildman–Crippen LogP) is 13.2. The van der Waals surface area contributed by atoms with Crippen LogP contribution in [0.2, 0.25) is 0 Å². The first-order valence-electron chi connectivity index (χ1n) is 15.7. The van der Waals surface area contributed by atoms with E-state index < -0.39 is 162 Å². The van der Waals surface area contributed by atoms with Gasteiger partial charge in [0.2, 0.25) is 6.71 Å². The van der Waals surface area contributed by atoms with Gasteiger partial charge in [-0.05, 0) is 74.9 Å². The second kappa shape index (κ2) is 14.7. The lowest BCUT2D eigenvalue weighted by atomic mass is 9.32. The highest BCUT2D eigenvalue weighted by atomic mass is 19.4. The van der Waals surface area contributed by atoms with E-state index in [0.29, 0.717) is 0 Å². The zero-order valence-electron chi connectivity index (χ0n) is 30.3. The van der Waals surface area contributed by atoms with Crippen molar-refractivity contribution in [1.29, 1.82) is 0 Å². The molecule has 0 aromatic heterocycles. The third-order valence-corrected chi connectivity index (χ3v) is 9.59. The van der Waals surface area contributed by atoms with Crippen LogP contribution in [0.3, 0.4) is 0 Å². The fourth-order valence-corrected chi connectivity index (χ4v) is 7.86. The molecule has 0 saturated heterocycles. The van der Waals surface area contributed by atoms with Gasteiger partial charge in [0.15, 0.2) is 0 Å². The Bertz CT molecular complexity index is 1850. The number of hydrogen-bond acceptors (Lipinski definition) is 0. The molecule has 342 valence electrons. The fourth-order valence-electron chi connectivity index (χ4n) is 7.86. The maximum atomic E-state index is 14.6. The highest BCUT2D eigenvalue weighted by molar-refractivity contribution is 6.97. The van der Waals surface area contributed by atoms with Gasteiger partial charge in [0, 0.05) is 0 Å². The van der Waals surface area contributed by atoms with Gasteiger partial charge >= 0.3 is 55.6 Å². The first-order chi connectivity index (χ1) is 26.6. The quantitative estimate of drug-likeness (QED) is 0.181. The number of rotatable bonds is 3. The standard InChI is InChI=1S/C33H18BF27/c1-7-13(25(35,36)37)19(31(53,54)55)14(26(38,39)40)8(2)22(7)34(23-9(3)15(27(41,42)43)20(32(56,57)58)16(10(23)4)28(44,45)46)24-11(5)17(29(47,48)49)21(33(59,60)61)18(12(24)6)30(50,51)52/h1-6H3. The van der Waals surface area contributed by atoms with Gasteiger partial charge in [-0.15, -0.1) is 0 Å². The summed E-state index contributed by atoms with van der Waals surface area (Å²) in [4.78, 5) is 0. The molecule has 0 bridgehead atoms. The van der Waals surface area contributed by atoms with Crippen LogP contribution in [0.15, 0.2) is 0 Å². The van der Waals surface area contributed by atoms with Gasteiger partial charge in [-0.1, -0.05) is 16.4 Å². The van der Waals surface area contributed by atoms with E-state index in [1.54, 1.807) is 0 Å². The average Bonchev–Trinajstić information content (AvgIpc) is 2.94. The second-order valence-corrected chi connectivity index (χ2v) is 13.3. The Morgan fingerprint density at radius 2 is 0.295 bits per heavy atom. The molecular weight excluding hydrogens is 920 g/mol. The Balaban J connectivity index is 3.27. The van der Waals surface area contributed by atoms with Crippen molar-refractivity contribution in [3.05, 3.63) is 83.5 Å². The average molecular weight is 938 g/mol. The maximum Gasteiger partial charge on any atom is 0.417 e. The Morgan fingerprint density at radius 1 is 0.197 bits per heavy atom. The van der Waals surface area contributed by atoms with Crippen molar-refractivity contribution in [2.24, 2.45) is 0 Å². The number of alkyl halides is 27. The Hall–Kier alpha value is -4.17. The first kappa shape index (κ1) is 51.2. The molecule has 3 aromatic rings. The molecule has 0 aliphatic carbocycles. The van der Waals surface area contributed by atoms with Gasteiger partial charge < -0.3 is 0 Å². The summed E-state index contributed by atoms with van der Waals surface area (Å²) in [5.74, 6) is 0. The van der Waals surface area contributed by atoms with Gasteiger partial charge in [0.1, 0.15) is 0 Å². The normalized spacial score (nSPS) is 14.3. The smallest absolute Gasteiger partial charge is 0.166 e. The molecule has 0 spiro atoms. The molecule has 61 heavy (non-hydrogen) atoms. The molecule has 0 heterocycles. The van der Waals surface area contributed by atoms with Crippen molar-refractivity contribution >= 4 is 23.1 Å². The zero-order chi connectivity index (χ0) is 48.5. The summed E-state index contributed by atoms with van der Waals surface area (Å²) in [6.45, 7) is -5.99. The molecule has 3 rings (SSSR count). The molecule has 0 N–H and O–H groups in total. The maximum absolute atomic E-state index is 14.6. The van der Waals surface area contributed by atoms with Gasteiger partial charge in [0.25, 0.3) is 0 Å². The van der Waals surface area contributed by atoms with Crippen LogP contribution >= 0.6 is 0 Å². The zero-order valence-corrected chi connectivity index (χ0v) is 30.3. The summed E-state index contributed by atoms with van der Waals surface area (Å²) in [6, 6.07) is 0. The molecule has 0 nitrogen and oxygen atoms in total. The van der Waals surface area contributed by atoms with Crippen LogP contribution in [0.25, 0.3) is 0 Å². The van der Waals surface area contributed by atoms with Crippen LogP contribution in [0.5, 0.6) is 0 Å². The summed E-state index contributed by atoms with van der Waals surface area (Å²) >= 11 is 0. The van der Waals surface area contributed by atoms with Crippen LogP contribution in [-0.2, 0) is 55.6 Å². The molecule has 0 aliphatic heterocycles. The Labute approximate surface area is 322 Å². The summed E-state index contributed by atoms with van der Waals surface area (Å²) in [6.07, 6.45) is -61.3. The van der Waals surface area contributed by atoms with E-state index in [4.69, 9.17) is 0 Å². The van der Waals surface area contributed by atoms with E-state index in [-0.39, 0.29) is 41.5 Å². The van der Waals surface area contributed by atoms with Gasteiger partial charge in [0.05, 0.1) is 50.1 Å². The molecule has 0 aliphatic rings. The topological polar surface area (TPSA) is 0 Å². The minimum Gasteiger partial charge on any atom is -0.166 e. The molecule has 28 heteroatoms. The van der Waals surface area contributed by atoms with E-state index in [9.17, 15) is 119 Å². The molecule has 3 aromatic carbocycles. The van der Waals surface area contributed by atoms with Crippen molar-refractivity contribution in [2.75, 3.05) is 0 Å². The van der Waals surface area contributed by atoms with Crippen molar-refractivity contribution in [1.82, 2.24) is 0 Å². The molecule has 0 atom stereocenters. The summed E-state index contributed by atoms with van der Waals surface area (Å²) in [5, 5.41) is 0. The molecule has 0 fully saturated rings. The molecular formula is C33H18BF27. The highest BCUT2D eigenvalue weighted by Gasteiger charge is 2.58. The summed E-state index contributed by atoms with van der Waals surface area (Å²) in [7, 11) is 0. The molecule has 0 radical (unpaired) electrons. The number of hydrogen-bond donors (Lipinski definition) is 0. The predicted molar refractivity (Wildman–Crippen MR) is 157 cm³/mol. The first-order valence-corrected chi connectivity index (χ1v) is 15.7. The fraction of sp³-hybridized carbons (Fsp3) is 0.455. The third-order valence-electron chi connectivity index (χ3n) is 9.59. The Morgan fingerprint density at radius 3 is 0.377 bits per heavy atom. The van der Waals surface area contributed by atoms with Crippen molar-refractivity contribution in [3.63, 3.8) is 0 Å². The van der Waals surface area contributed by atoms with Crippen molar-refractivity contribution in [3.8, 4) is 0 Å². The highest BCUT2D eigenvalue weighted by Crippen LogP contribution is 2.53. The molecule has 0 unspecified atom stereocenters. The van der Waals surface area contributed by atoms with E-state index >= 15 is 0 Å². The minimum atomic E-state index is -6.82. The van der Waals surface area contributed by atoms with Gasteiger partial charge in [-0.2, -0.15) is 119 Å². The minimum absolute atomic E-state index is 0.318. The lowest BCUT2D eigenvalue weighted by molar-refractivity contribution is -0.175. The Kier molecular flexibility index (Phi) is 12.3. The van der Waals surface area contributed by atoms with Gasteiger partial charge in [-0.25, -0.2) is 0 Å². The van der Waals surface area contributed by atoms with Crippen LogP contribution in [0, 0.1) is 41.5 Å². The van der Waals surface area contributed by atoms with Crippen LogP contribution in [0.4, 0.5) is 119 Å². The van der Waals surface area contributed by atoms with Crippen LogP contribution in [0.1, 0.15) is 83.5 Å². The SMILES string of the molecule is Cc1c(B(c2c(C)c(C(F)(F)F)c(C(F)(F)F)c(C(F)(F)F)c2C)c2c(C)c(C(F)(F)F)c(C(F)(F)F)c(C(F)(F)F)c2C)c(C)c(C(F)(F)F)c(C(F)(F)F)c1C(F)(F)F. The van der Waals surface area contributed by atoms with Crippen molar-refractivity contribution in [2.45, 2.75) is 97.1 Å². The third kappa shape index (κ3) is 9.03. The van der Waals surface area contributed by atoms with Crippen LogP contribution in [-0.4, -0.2) is 6.71 Å². The largest absolute Gasteiger partial charge is 0.417 e.